The Bertz CT molecular complexity index is 624. The van der Waals surface area contributed by atoms with E-state index in [4.69, 9.17) is 4.74 Å². The van der Waals surface area contributed by atoms with Gasteiger partial charge in [0.25, 0.3) is 0 Å². The summed E-state index contributed by atoms with van der Waals surface area (Å²) < 4.78 is 5.17. The molecule has 23 heavy (non-hydrogen) atoms. The number of methoxy groups -OCH3 is 1. The van der Waals surface area contributed by atoms with Gasteiger partial charge in [0.05, 0.1) is 7.11 Å². The summed E-state index contributed by atoms with van der Waals surface area (Å²) in [6.07, 6.45) is 2.25. The second-order valence-corrected chi connectivity index (χ2v) is 5.98. The van der Waals surface area contributed by atoms with Gasteiger partial charge in [-0.15, -0.1) is 0 Å². The van der Waals surface area contributed by atoms with Gasteiger partial charge in [0.2, 0.25) is 0 Å². The van der Waals surface area contributed by atoms with E-state index in [-0.39, 0.29) is 0 Å². The van der Waals surface area contributed by atoms with Crippen molar-refractivity contribution >= 4 is 5.82 Å². The molecule has 1 fully saturated rings. The fraction of sp³-hybridized carbons (Fsp3) is 0.444. The van der Waals surface area contributed by atoms with Crippen molar-refractivity contribution in [2.75, 3.05) is 25.1 Å². The monoisotopic (exact) mass is 312 g/mol. The van der Waals surface area contributed by atoms with E-state index in [1.165, 1.54) is 5.56 Å². The minimum atomic E-state index is 0.448. The molecule has 0 spiro atoms. The molecular weight excluding hydrogens is 288 g/mol. The van der Waals surface area contributed by atoms with Crippen molar-refractivity contribution in [2.24, 2.45) is 0 Å². The van der Waals surface area contributed by atoms with Crippen molar-refractivity contribution in [3.05, 3.63) is 47.7 Å². The molecule has 1 N–H and O–H groups in total. The number of hydrogen-bond donors (Lipinski definition) is 1. The average Bonchev–Trinajstić information content (AvgIpc) is 2.60. The van der Waals surface area contributed by atoms with Gasteiger partial charge in [-0.25, -0.2) is 4.98 Å². The summed E-state index contributed by atoms with van der Waals surface area (Å²) in [6, 6.07) is 13.6. The quantitative estimate of drug-likeness (QED) is 0.919. The number of anilines is 1. The zero-order valence-corrected chi connectivity index (χ0v) is 13.8. The second kappa shape index (κ2) is 7.42. The van der Waals surface area contributed by atoms with Crippen LogP contribution >= 0.6 is 0 Å². The molecule has 0 unspecified atom stereocenters. The summed E-state index contributed by atoms with van der Waals surface area (Å²) in [6.45, 7) is 4.92. The minimum absolute atomic E-state index is 0.448. The number of nitrogens with zero attached hydrogens (tertiary/aromatic N) is 3. The number of piperidine rings is 1. The van der Waals surface area contributed by atoms with Crippen LogP contribution in [0, 0.1) is 6.92 Å². The lowest BCUT2D eigenvalue weighted by molar-refractivity contribution is 0.376. The molecular formula is C18H24N4O. The van der Waals surface area contributed by atoms with E-state index in [9.17, 15) is 0 Å². The maximum absolute atomic E-state index is 5.17. The van der Waals surface area contributed by atoms with Crippen LogP contribution in [0.25, 0.3) is 0 Å². The fourth-order valence-corrected chi connectivity index (χ4v) is 2.95. The largest absolute Gasteiger partial charge is 0.467 e. The van der Waals surface area contributed by atoms with Gasteiger partial charge >= 0.3 is 6.01 Å². The third-order valence-corrected chi connectivity index (χ3v) is 4.26. The van der Waals surface area contributed by atoms with Crippen LogP contribution in [0.1, 0.15) is 24.1 Å². The first kappa shape index (κ1) is 15.7. The van der Waals surface area contributed by atoms with Crippen molar-refractivity contribution in [1.29, 1.82) is 0 Å². The molecule has 1 aliphatic heterocycles. The summed E-state index contributed by atoms with van der Waals surface area (Å²) in [7, 11) is 1.61. The summed E-state index contributed by atoms with van der Waals surface area (Å²) in [5.74, 6) is 0.968. The van der Waals surface area contributed by atoms with Gasteiger partial charge in [-0.05, 0) is 25.3 Å². The number of hydrogen-bond acceptors (Lipinski definition) is 5. The Balaban J connectivity index is 1.53. The Hall–Kier alpha value is -2.14. The van der Waals surface area contributed by atoms with Crippen LogP contribution in [0.4, 0.5) is 5.82 Å². The van der Waals surface area contributed by atoms with Crippen LogP contribution in [0.3, 0.4) is 0 Å². The first-order valence-electron chi connectivity index (χ1n) is 8.16. The molecule has 1 saturated heterocycles. The number of aryl methyl sites for hydroxylation is 1. The summed E-state index contributed by atoms with van der Waals surface area (Å²) >= 11 is 0. The first-order chi connectivity index (χ1) is 11.2. The second-order valence-electron chi connectivity index (χ2n) is 5.98. The Morgan fingerprint density at radius 1 is 1.17 bits per heavy atom. The van der Waals surface area contributed by atoms with Crippen LogP contribution < -0.4 is 15.0 Å². The maximum atomic E-state index is 5.17. The Morgan fingerprint density at radius 3 is 2.61 bits per heavy atom. The highest BCUT2D eigenvalue weighted by molar-refractivity contribution is 5.41. The van der Waals surface area contributed by atoms with Crippen LogP contribution in [0.2, 0.25) is 0 Å². The van der Waals surface area contributed by atoms with E-state index in [1.807, 2.05) is 13.0 Å². The van der Waals surface area contributed by atoms with Crippen molar-refractivity contribution in [2.45, 2.75) is 32.4 Å². The van der Waals surface area contributed by atoms with E-state index < -0.39 is 0 Å². The lowest BCUT2D eigenvalue weighted by atomic mass is 10.0. The molecule has 2 aromatic rings. The summed E-state index contributed by atoms with van der Waals surface area (Å²) in [5.41, 5.74) is 2.28. The zero-order valence-electron chi connectivity index (χ0n) is 13.8. The molecule has 1 aliphatic rings. The number of ether oxygens (including phenoxy) is 1. The number of rotatable bonds is 5. The van der Waals surface area contributed by atoms with Crippen molar-refractivity contribution in [3.63, 3.8) is 0 Å². The molecule has 122 valence electrons. The smallest absolute Gasteiger partial charge is 0.318 e. The molecule has 5 nitrogen and oxygen atoms in total. The third-order valence-electron chi connectivity index (χ3n) is 4.26. The van der Waals surface area contributed by atoms with Crippen LogP contribution in [-0.2, 0) is 6.54 Å². The van der Waals surface area contributed by atoms with E-state index in [1.54, 1.807) is 7.11 Å². The lowest BCUT2D eigenvalue weighted by Crippen LogP contribution is -2.42. The van der Waals surface area contributed by atoms with Crippen molar-refractivity contribution in [1.82, 2.24) is 15.3 Å². The van der Waals surface area contributed by atoms with Gasteiger partial charge < -0.3 is 15.0 Å². The zero-order chi connectivity index (χ0) is 16.1. The van der Waals surface area contributed by atoms with E-state index in [0.717, 1.165) is 44.0 Å². The summed E-state index contributed by atoms with van der Waals surface area (Å²) in [5, 5.41) is 3.66. The Labute approximate surface area is 137 Å². The number of aromatic nitrogens is 2. The van der Waals surface area contributed by atoms with Gasteiger partial charge in [0.1, 0.15) is 5.82 Å². The van der Waals surface area contributed by atoms with Gasteiger partial charge in [-0.1, -0.05) is 30.3 Å². The minimum Gasteiger partial charge on any atom is -0.467 e. The molecule has 5 heteroatoms. The first-order valence-corrected chi connectivity index (χ1v) is 8.16. The SMILES string of the molecule is COc1nc(C)cc(N2CCC(NCc3ccccc3)CC2)n1. The van der Waals surface area contributed by atoms with Gasteiger partial charge in [0, 0.05) is 37.4 Å². The fourth-order valence-electron chi connectivity index (χ4n) is 2.95. The molecule has 3 rings (SSSR count). The molecule has 0 saturated carbocycles. The number of nitrogens with one attached hydrogen (secondary N) is 1. The van der Waals surface area contributed by atoms with Gasteiger partial charge in [0.15, 0.2) is 0 Å². The van der Waals surface area contributed by atoms with Gasteiger partial charge in [-0.2, -0.15) is 4.98 Å². The van der Waals surface area contributed by atoms with Crippen LogP contribution in [-0.4, -0.2) is 36.2 Å². The van der Waals surface area contributed by atoms with Crippen molar-refractivity contribution < 1.29 is 4.74 Å². The molecule has 2 heterocycles. The summed E-state index contributed by atoms with van der Waals surface area (Å²) in [4.78, 5) is 11.0. The van der Waals surface area contributed by atoms with Crippen LogP contribution in [0.15, 0.2) is 36.4 Å². The molecule has 0 radical (unpaired) electrons. The standard InChI is InChI=1S/C18H24N4O/c1-14-12-17(21-18(20-14)23-2)22-10-8-16(9-11-22)19-13-15-6-4-3-5-7-15/h3-7,12,16,19H,8-11,13H2,1-2H3. The van der Waals surface area contributed by atoms with Crippen LogP contribution in [0.5, 0.6) is 6.01 Å². The Kier molecular flexibility index (Phi) is 5.08. The Morgan fingerprint density at radius 2 is 1.91 bits per heavy atom. The highest BCUT2D eigenvalue weighted by Crippen LogP contribution is 2.20. The lowest BCUT2D eigenvalue weighted by Gasteiger charge is -2.33. The maximum Gasteiger partial charge on any atom is 0.318 e. The predicted octanol–water partition coefficient (Wildman–Crippen LogP) is 2.55. The molecule has 1 aromatic heterocycles. The molecule has 1 aromatic carbocycles. The number of benzene rings is 1. The van der Waals surface area contributed by atoms with E-state index in [2.05, 4.69) is 50.5 Å². The average molecular weight is 312 g/mol. The molecule has 0 atom stereocenters. The predicted molar refractivity (Wildman–Crippen MR) is 91.8 cm³/mol. The molecule has 0 amide bonds. The third kappa shape index (κ3) is 4.20. The van der Waals surface area contributed by atoms with E-state index in [0.29, 0.717) is 12.1 Å². The molecule has 0 bridgehead atoms. The topological polar surface area (TPSA) is 50.3 Å². The normalized spacial score (nSPS) is 15.7. The van der Waals surface area contributed by atoms with Gasteiger partial charge in [-0.3, -0.25) is 0 Å². The van der Waals surface area contributed by atoms with E-state index >= 15 is 0 Å². The highest BCUT2D eigenvalue weighted by Gasteiger charge is 2.20. The molecule has 0 aliphatic carbocycles. The highest BCUT2D eigenvalue weighted by atomic mass is 16.5. The van der Waals surface area contributed by atoms with Crippen molar-refractivity contribution in [3.8, 4) is 6.01 Å².